The maximum Gasteiger partial charge on any atom is 0.324 e. The number of benzene rings is 1. The van der Waals surface area contributed by atoms with E-state index in [1.54, 1.807) is 19.1 Å². The summed E-state index contributed by atoms with van der Waals surface area (Å²) in [6.07, 6.45) is 0.878. The Labute approximate surface area is 162 Å². The molecule has 2 aromatic rings. The summed E-state index contributed by atoms with van der Waals surface area (Å²) in [4.78, 5) is 24.4. The van der Waals surface area contributed by atoms with Crippen LogP contribution in [-0.2, 0) is 24.3 Å². The molecule has 1 N–H and O–H groups in total. The number of esters is 1. The molecule has 1 fully saturated rings. The molecule has 1 amide bonds. The Morgan fingerprint density at radius 2 is 2.00 bits per heavy atom. The van der Waals surface area contributed by atoms with Crippen molar-refractivity contribution in [3.63, 3.8) is 0 Å². The zero-order valence-electron chi connectivity index (χ0n) is 15.5. The topological polar surface area (TPSA) is 119 Å². The molecule has 0 radical (unpaired) electrons. The summed E-state index contributed by atoms with van der Waals surface area (Å²) < 4.78 is 36.7. The summed E-state index contributed by atoms with van der Waals surface area (Å²) >= 11 is 0. The zero-order valence-corrected chi connectivity index (χ0v) is 16.4. The number of nitrogens with one attached hydrogen (secondary N) is 1. The van der Waals surface area contributed by atoms with Crippen molar-refractivity contribution < 1.29 is 27.3 Å². The van der Waals surface area contributed by atoms with Gasteiger partial charge in [0.25, 0.3) is 5.91 Å². The second kappa shape index (κ2) is 8.11. The van der Waals surface area contributed by atoms with Crippen molar-refractivity contribution in [3.05, 3.63) is 41.7 Å². The summed E-state index contributed by atoms with van der Waals surface area (Å²) in [7, 11) is -3.82. The number of hydrogen-bond acceptors (Lipinski definition) is 7. The third-order valence-electron chi connectivity index (χ3n) is 4.34. The molecule has 1 aromatic heterocycles. The van der Waals surface area contributed by atoms with Gasteiger partial charge in [0, 0.05) is 12.6 Å². The third kappa shape index (κ3) is 4.39. The number of hydrogen-bond donors (Lipinski definition) is 1. The van der Waals surface area contributed by atoms with Crippen molar-refractivity contribution in [2.75, 3.05) is 18.5 Å². The lowest BCUT2D eigenvalue weighted by Gasteiger charge is -2.22. The minimum atomic E-state index is -3.82. The largest absolute Gasteiger partial charge is 0.454 e. The number of carbonyl (C=O) groups is 2. The molecule has 0 saturated carbocycles. The molecule has 150 valence electrons. The third-order valence-corrected chi connectivity index (χ3v) is 6.27. The normalized spacial score (nSPS) is 17.4. The fourth-order valence-electron chi connectivity index (χ4n) is 2.95. The summed E-state index contributed by atoms with van der Waals surface area (Å²) in [5, 5.41) is 6.04. The second-order valence-corrected chi connectivity index (χ2v) is 8.46. The van der Waals surface area contributed by atoms with Crippen LogP contribution in [0.25, 0.3) is 0 Å². The number of ether oxygens (including phenoxy) is 1. The van der Waals surface area contributed by atoms with Crippen molar-refractivity contribution >= 4 is 27.7 Å². The van der Waals surface area contributed by atoms with E-state index in [-0.39, 0.29) is 17.3 Å². The first-order valence-corrected chi connectivity index (χ1v) is 10.2. The van der Waals surface area contributed by atoms with Crippen LogP contribution in [0.5, 0.6) is 0 Å². The average Bonchev–Trinajstić information content (AvgIpc) is 3.29. The molecule has 1 aromatic carbocycles. The van der Waals surface area contributed by atoms with Gasteiger partial charge in [-0.3, -0.25) is 9.59 Å². The van der Waals surface area contributed by atoms with Gasteiger partial charge in [0.15, 0.2) is 12.4 Å². The van der Waals surface area contributed by atoms with Gasteiger partial charge < -0.3 is 14.6 Å². The number of carbonyl (C=O) groups excluding carboxylic acids is 2. The van der Waals surface area contributed by atoms with Crippen LogP contribution < -0.4 is 5.32 Å². The van der Waals surface area contributed by atoms with Gasteiger partial charge in [-0.25, -0.2) is 8.42 Å². The highest BCUT2D eigenvalue weighted by Crippen LogP contribution is 2.27. The van der Waals surface area contributed by atoms with Gasteiger partial charge in [0.1, 0.15) is 11.8 Å². The van der Waals surface area contributed by atoms with Crippen LogP contribution in [0.15, 0.2) is 39.8 Å². The van der Waals surface area contributed by atoms with Crippen molar-refractivity contribution in [1.29, 1.82) is 0 Å². The van der Waals surface area contributed by atoms with Gasteiger partial charge in [-0.1, -0.05) is 22.9 Å². The smallest absolute Gasteiger partial charge is 0.324 e. The Morgan fingerprint density at radius 1 is 1.29 bits per heavy atom. The van der Waals surface area contributed by atoms with Crippen LogP contribution >= 0.6 is 0 Å². The summed E-state index contributed by atoms with van der Waals surface area (Å²) in [6, 6.07) is 7.00. The van der Waals surface area contributed by atoms with E-state index in [9.17, 15) is 18.0 Å². The molecule has 10 heteroatoms. The second-order valence-electron chi connectivity index (χ2n) is 6.57. The first kappa shape index (κ1) is 20.0. The van der Waals surface area contributed by atoms with Crippen molar-refractivity contribution in [3.8, 4) is 0 Å². The molecule has 1 aliphatic heterocycles. The van der Waals surface area contributed by atoms with Crippen molar-refractivity contribution in [2.45, 2.75) is 37.6 Å². The van der Waals surface area contributed by atoms with E-state index < -0.39 is 34.5 Å². The number of rotatable bonds is 6. The number of nitrogens with zero attached hydrogens (tertiary/aromatic N) is 2. The lowest BCUT2D eigenvalue weighted by molar-refractivity contribution is -0.150. The molecule has 3 rings (SSSR count). The van der Waals surface area contributed by atoms with Crippen molar-refractivity contribution in [2.24, 2.45) is 0 Å². The molecule has 0 unspecified atom stereocenters. The first-order chi connectivity index (χ1) is 13.3. The highest BCUT2D eigenvalue weighted by Gasteiger charge is 2.40. The van der Waals surface area contributed by atoms with Gasteiger partial charge in [-0.2, -0.15) is 4.31 Å². The summed E-state index contributed by atoms with van der Waals surface area (Å²) in [5.41, 5.74) is 0.935. The molecule has 0 spiro atoms. The Hall–Kier alpha value is -2.72. The van der Waals surface area contributed by atoms with Gasteiger partial charge in [-0.15, -0.1) is 0 Å². The Kier molecular flexibility index (Phi) is 5.80. The van der Waals surface area contributed by atoms with Crippen LogP contribution in [0.1, 0.15) is 24.2 Å². The number of sulfonamides is 1. The monoisotopic (exact) mass is 407 g/mol. The van der Waals surface area contributed by atoms with Gasteiger partial charge in [0.2, 0.25) is 10.0 Å². The van der Waals surface area contributed by atoms with E-state index in [1.165, 1.54) is 18.2 Å². The molecule has 1 saturated heterocycles. The number of aromatic nitrogens is 1. The van der Waals surface area contributed by atoms with Crippen LogP contribution in [0.2, 0.25) is 0 Å². The number of amides is 1. The first-order valence-electron chi connectivity index (χ1n) is 8.76. The van der Waals surface area contributed by atoms with Gasteiger partial charge in [0.05, 0.1) is 4.90 Å². The molecular formula is C18H21N3O6S. The molecule has 0 aliphatic carbocycles. The Bertz CT molecular complexity index is 967. The van der Waals surface area contributed by atoms with E-state index in [2.05, 4.69) is 10.5 Å². The van der Waals surface area contributed by atoms with Crippen LogP contribution in [0.3, 0.4) is 0 Å². The lowest BCUT2D eigenvalue weighted by atomic mass is 10.2. The maximum absolute atomic E-state index is 12.9. The zero-order chi connectivity index (χ0) is 20.3. The fraction of sp³-hybridized carbons (Fsp3) is 0.389. The van der Waals surface area contributed by atoms with E-state index in [0.29, 0.717) is 18.6 Å². The molecule has 1 atom stereocenters. The quantitative estimate of drug-likeness (QED) is 0.723. The SMILES string of the molecule is Cc1ccc(S(=O)(=O)N2CCC[C@H]2C(=O)OCC(=O)Nc2cc(C)on2)cc1. The standard InChI is InChI=1S/C18H21N3O6S/c1-12-5-7-14(8-6-12)28(24,25)21-9-3-4-15(21)18(23)26-11-17(22)19-16-10-13(2)27-20-16/h5-8,10,15H,3-4,9,11H2,1-2H3,(H,19,20,22)/t15-/m0/s1. The Morgan fingerprint density at radius 3 is 2.64 bits per heavy atom. The lowest BCUT2D eigenvalue weighted by Crippen LogP contribution is -2.42. The highest BCUT2D eigenvalue weighted by atomic mass is 32.2. The van der Waals surface area contributed by atoms with Crippen molar-refractivity contribution in [1.82, 2.24) is 9.46 Å². The molecular weight excluding hydrogens is 386 g/mol. The Balaban J connectivity index is 1.62. The highest BCUT2D eigenvalue weighted by molar-refractivity contribution is 7.89. The average molecular weight is 407 g/mol. The predicted octanol–water partition coefficient (Wildman–Crippen LogP) is 1.63. The van der Waals surface area contributed by atoms with E-state index in [4.69, 9.17) is 9.26 Å². The predicted molar refractivity (Wildman–Crippen MR) is 98.9 cm³/mol. The minimum Gasteiger partial charge on any atom is -0.454 e. The molecule has 2 heterocycles. The van der Waals surface area contributed by atoms with Gasteiger partial charge >= 0.3 is 5.97 Å². The number of anilines is 1. The van der Waals surface area contributed by atoms with E-state index in [1.807, 2.05) is 6.92 Å². The molecule has 28 heavy (non-hydrogen) atoms. The fourth-order valence-corrected chi connectivity index (χ4v) is 4.59. The van der Waals surface area contributed by atoms with Crippen LogP contribution in [-0.4, -0.2) is 48.9 Å². The minimum absolute atomic E-state index is 0.122. The van der Waals surface area contributed by atoms with Gasteiger partial charge in [-0.05, 0) is 38.8 Å². The number of aryl methyl sites for hydroxylation is 2. The summed E-state index contributed by atoms with van der Waals surface area (Å²) in [5.74, 6) is -0.606. The van der Waals surface area contributed by atoms with Crippen LogP contribution in [0, 0.1) is 13.8 Å². The maximum atomic E-state index is 12.9. The molecule has 0 bridgehead atoms. The van der Waals surface area contributed by atoms with Crippen LogP contribution in [0.4, 0.5) is 5.82 Å². The summed E-state index contributed by atoms with van der Waals surface area (Å²) in [6.45, 7) is 3.21. The van der Waals surface area contributed by atoms with E-state index in [0.717, 1.165) is 9.87 Å². The van der Waals surface area contributed by atoms with E-state index >= 15 is 0 Å². The molecule has 1 aliphatic rings. The molecule has 9 nitrogen and oxygen atoms in total.